The summed E-state index contributed by atoms with van der Waals surface area (Å²) in [6, 6.07) is 7.21. The van der Waals surface area contributed by atoms with Gasteiger partial charge in [0, 0.05) is 30.6 Å². The van der Waals surface area contributed by atoms with Crippen LogP contribution in [0.4, 0.5) is 9.59 Å². The second-order valence-corrected chi connectivity index (χ2v) is 7.67. The Hall–Kier alpha value is -1.95. The molecule has 25 heavy (non-hydrogen) atoms. The maximum Gasteiger partial charge on any atom is 0.410 e. The molecule has 0 aliphatic carbocycles. The molecular weight excluding hydrogens is 344 g/mol. The predicted molar refractivity (Wildman–Crippen MR) is 95.6 cm³/mol. The molecule has 1 aromatic rings. The number of rotatable bonds is 4. The standard InChI is InChI=1S/C18H25ClN2O4/c1-12(14-5-7-15(19)8-6-14)24-17(23)21-10-13(11-21)9-20-16(22)25-18(2,3)4/h5-8,12-13H,9-11H2,1-4H3,(H,20,22). The topological polar surface area (TPSA) is 67.9 Å². The summed E-state index contributed by atoms with van der Waals surface area (Å²) in [5, 5.41) is 3.36. The minimum absolute atomic E-state index is 0.214. The lowest BCUT2D eigenvalue weighted by molar-refractivity contribution is 0.0281. The van der Waals surface area contributed by atoms with Crippen molar-refractivity contribution in [2.45, 2.75) is 39.4 Å². The summed E-state index contributed by atoms with van der Waals surface area (Å²) >= 11 is 5.85. The van der Waals surface area contributed by atoms with Crippen molar-refractivity contribution in [3.8, 4) is 0 Å². The first-order valence-corrected chi connectivity index (χ1v) is 8.70. The fraction of sp³-hybridized carbons (Fsp3) is 0.556. The van der Waals surface area contributed by atoms with Gasteiger partial charge >= 0.3 is 12.2 Å². The summed E-state index contributed by atoms with van der Waals surface area (Å²) in [6.07, 6.45) is -1.13. The third-order valence-corrected chi connectivity index (χ3v) is 4.02. The van der Waals surface area contributed by atoms with Gasteiger partial charge in [-0.15, -0.1) is 0 Å². The Bertz CT molecular complexity index is 606. The van der Waals surface area contributed by atoms with E-state index in [4.69, 9.17) is 21.1 Å². The van der Waals surface area contributed by atoms with Crippen molar-refractivity contribution in [2.75, 3.05) is 19.6 Å². The van der Waals surface area contributed by atoms with Gasteiger partial charge in [-0.05, 0) is 45.4 Å². The van der Waals surface area contributed by atoms with Crippen molar-refractivity contribution in [3.05, 3.63) is 34.9 Å². The van der Waals surface area contributed by atoms with Crippen LogP contribution in [-0.2, 0) is 9.47 Å². The van der Waals surface area contributed by atoms with E-state index in [1.54, 1.807) is 17.0 Å². The second-order valence-electron chi connectivity index (χ2n) is 7.23. The Labute approximate surface area is 153 Å². The fourth-order valence-corrected chi connectivity index (χ4v) is 2.54. The van der Waals surface area contributed by atoms with E-state index in [1.165, 1.54) is 0 Å². The summed E-state index contributed by atoms with van der Waals surface area (Å²) in [7, 11) is 0. The number of alkyl carbamates (subject to hydrolysis) is 1. The molecule has 2 rings (SSSR count). The highest BCUT2D eigenvalue weighted by Crippen LogP contribution is 2.23. The van der Waals surface area contributed by atoms with E-state index >= 15 is 0 Å². The van der Waals surface area contributed by atoms with Crippen molar-refractivity contribution in [1.29, 1.82) is 0 Å². The zero-order valence-electron chi connectivity index (χ0n) is 15.0. The van der Waals surface area contributed by atoms with E-state index < -0.39 is 11.7 Å². The molecule has 138 valence electrons. The Morgan fingerprint density at radius 1 is 1.28 bits per heavy atom. The monoisotopic (exact) mass is 368 g/mol. The van der Waals surface area contributed by atoms with Gasteiger partial charge in [-0.1, -0.05) is 23.7 Å². The van der Waals surface area contributed by atoms with Gasteiger partial charge in [0.1, 0.15) is 11.7 Å². The van der Waals surface area contributed by atoms with E-state index in [1.807, 2.05) is 39.8 Å². The zero-order valence-corrected chi connectivity index (χ0v) is 15.8. The molecule has 2 amide bonds. The SMILES string of the molecule is CC(OC(=O)N1CC(CNC(=O)OC(C)(C)C)C1)c1ccc(Cl)cc1. The number of carbonyl (C=O) groups excluding carboxylic acids is 2. The molecule has 1 aliphatic rings. The number of nitrogens with one attached hydrogen (secondary N) is 1. The molecule has 7 heteroatoms. The molecule has 0 bridgehead atoms. The third-order valence-electron chi connectivity index (χ3n) is 3.77. The van der Waals surface area contributed by atoms with E-state index in [0.29, 0.717) is 24.7 Å². The highest BCUT2D eigenvalue weighted by molar-refractivity contribution is 6.30. The Morgan fingerprint density at radius 2 is 1.88 bits per heavy atom. The number of halogens is 1. The molecule has 1 aliphatic heterocycles. The Kier molecular flexibility index (Phi) is 6.16. The van der Waals surface area contributed by atoms with Crippen LogP contribution in [0.1, 0.15) is 39.4 Å². The van der Waals surface area contributed by atoms with Gasteiger partial charge in [-0.3, -0.25) is 0 Å². The quantitative estimate of drug-likeness (QED) is 0.872. The van der Waals surface area contributed by atoms with Crippen LogP contribution in [0.5, 0.6) is 0 Å². The maximum atomic E-state index is 12.1. The number of benzene rings is 1. The third kappa shape index (κ3) is 6.12. The van der Waals surface area contributed by atoms with E-state index in [-0.39, 0.29) is 18.1 Å². The van der Waals surface area contributed by atoms with Gasteiger partial charge in [0.2, 0.25) is 0 Å². The molecule has 1 heterocycles. The molecule has 1 saturated heterocycles. The van der Waals surface area contributed by atoms with Crippen LogP contribution < -0.4 is 5.32 Å². The van der Waals surface area contributed by atoms with Gasteiger partial charge in [0.05, 0.1) is 0 Å². The molecule has 1 N–H and O–H groups in total. The molecular formula is C18H25ClN2O4. The van der Waals surface area contributed by atoms with Crippen molar-refractivity contribution in [1.82, 2.24) is 10.2 Å². The van der Waals surface area contributed by atoms with Crippen LogP contribution in [0, 0.1) is 5.92 Å². The Morgan fingerprint density at radius 3 is 2.44 bits per heavy atom. The number of hydrogen-bond donors (Lipinski definition) is 1. The first-order valence-electron chi connectivity index (χ1n) is 8.32. The lowest BCUT2D eigenvalue weighted by atomic mass is 10.0. The second kappa shape index (κ2) is 7.95. The van der Waals surface area contributed by atoms with Crippen molar-refractivity contribution in [2.24, 2.45) is 5.92 Å². The summed E-state index contributed by atoms with van der Waals surface area (Å²) in [6.45, 7) is 8.86. The van der Waals surface area contributed by atoms with Crippen molar-refractivity contribution < 1.29 is 19.1 Å². The van der Waals surface area contributed by atoms with Crippen LogP contribution in [0.2, 0.25) is 5.02 Å². The summed E-state index contributed by atoms with van der Waals surface area (Å²) < 4.78 is 10.6. The lowest BCUT2D eigenvalue weighted by Crippen LogP contribution is -2.54. The number of ether oxygens (including phenoxy) is 2. The van der Waals surface area contributed by atoms with Gasteiger partial charge in [0.15, 0.2) is 0 Å². The Balaban J connectivity index is 1.68. The number of carbonyl (C=O) groups is 2. The average molecular weight is 369 g/mol. The summed E-state index contributed by atoms with van der Waals surface area (Å²) in [5.41, 5.74) is 0.374. The van der Waals surface area contributed by atoms with Crippen LogP contribution in [0.25, 0.3) is 0 Å². The van der Waals surface area contributed by atoms with E-state index in [9.17, 15) is 9.59 Å². The number of nitrogens with zero attached hydrogens (tertiary/aromatic N) is 1. The molecule has 1 atom stereocenters. The molecule has 1 unspecified atom stereocenters. The minimum Gasteiger partial charge on any atom is -0.444 e. The maximum absolute atomic E-state index is 12.1. The zero-order chi connectivity index (χ0) is 18.6. The van der Waals surface area contributed by atoms with Gasteiger partial charge in [-0.25, -0.2) is 9.59 Å². The molecule has 0 aromatic heterocycles. The summed E-state index contributed by atoms with van der Waals surface area (Å²) in [5.74, 6) is 0.214. The average Bonchev–Trinajstić information content (AvgIpc) is 2.44. The predicted octanol–water partition coefficient (Wildman–Crippen LogP) is 3.99. The van der Waals surface area contributed by atoms with Crippen LogP contribution in [0.15, 0.2) is 24.3 Å². The number of amides is 2. The van der Waals surface area contributed by atoms with Crippen molar-refractivity contribution in [3.63, 3.8) is 0 Å². The number of hydrogen-bond acceptors (Lipinski definition) is 4. The largest absolute Gasteiger partial charge is 0.444 e. The van der Waals surface area contributed by atoms with Gasteiger partial charge < -0.3 is 19.7 Å². The highest BCUT2D eigenvalue weighted by Gasteiger charge is 2.33. The minimum atomic E-state index is -0.517. The van der Waals surface area contributed by atoms with Crippen LogP contribution in [-0.4, -0.2) is 42.3 Å². The van der Waals surface area contributed by atoms with E-state index in [2.05, 4.69) is 5.32 Å². The molecule has 0 radical (unpaired) electrons. The molecule has 0 spiro atoms. The van der Waals surface area contributed by atoms with E-state index in [0.717, 1.165) is 5.56 Å². The smallest absolute Gasteiger partial charge is 0.410 e. The lowest BCUT2D eigenvalue weighted by Gasteiger charge is -2.38. The molecule has 6 nitrogen and oxygen atoms in total. The molecule has 0 saturated carbocycles. The normalized spacial score (nSPS) is 16.0. The van der Waals surface area contributed by atoms with Crippen LogP contribution >= 0.6 is 11.6 Å². The van der Waals surface area contributed by atoms with Crippen molar-refractivity contribution >= 4 is 23.8 Å². The first-order chi connectivity index (χ1) is 11.6. The molecule has 1 aromatic carbocycles. The van der Waals surface area contributed by atoms with Gasteiger partial charge in [0.25, 0.3) is 0 Å². The highest BCUT2D eigenvalue weighted by atomic mass is 35.5. The number of likely N-dealkylation sites (tertiary alicyclic amines) is 1. The molecule has 1 fully saturated rings. The fourth-order valence-electron chi connectivity index (χ4n) is 2.42. The van der Waals surface area contributed by atoms with Gasteiger partial charge in [-0.2, -0.15) is 0 Å². The summed E-state index contributed by atoms with van der Waals surface area (Å²) in [4.78, 5) is 25.3. The van der Waals surface area contributed by atoms with Crippen LogP contribution in [0.3, 0.4) is 0 Å². The first kappa shape index (κ1) is 19.4.